The molecule has 1 amide bonds. The SMILES string of the molecule is CN(C)S(=O)(=O)C1(c2cn(CCCNC(=O)CCn3ccc(=O)[nH]c3=O)nn2)CC1. The summed E-state index contributed by atoms with van der Waals surface area (Å²) in [6, 6.07) is 1.22. The van der Waals surface area contributed by atoms with Crippen LogP contribution in [0.3, 0.4) is 0 Å². The maximum atomic E-state index is 12.5. The average molecular weight is 439 g/mol. The first-order chi connectivity index (χ1) is 14.2. The summed E-state index contributed by atoms with van der Waals surface area (Å²) >= 11 is 0. The second-order valence-electron chi connectivity index (χ2n) is 7.41. The lowest BCUT2D eigenvalue weighted by Crippen LogP contribution is -2.33. The van der Waals surface area contributed by atoms with E-state index >= 15 is 0 Å². The zero-order valence-corrected chi connectivity index (χ0v) is 17.7. The average Bonchev–Trinajstić information content (AvgIpc) is 3.37. The predicted molar refractivity (Wildman–Crippen MR) is 107 cm³/mol. The number of aromatic amines is 1. The molecule has 2 aromatic heterocycles. The number of hydrogen-bond donors (Lipinski definition) is 2. The number of H-pyrrole nitrogens is 1. The van der Waals surface area contributed by atoms with E-state index in [9.17, 15) is 22.8 Å². The predicted octanol–water partition coefficient (Wildman–Crippen LogP) is -1.39. The minimum absolute atomic E-state index is 0.102. The van der Waals surface area contributed by atoms with Crippen molar-refractivity contribution in [2.45, 2.75) is 43.5 Å². The molecule has 0 saturated heterocycles. The zero-order valence-electron chi connectivity index (χ0n) is 16.9. The molecule has 3 rings (SSSR count). The fourth-order valence-corrected chi connectivity index (χ4v) is 4.80. The fraction of sp³-hybridized carbons (Fsp3) is 0.588. The van der Waals surface area contributed by atoms with Crippen LogP contribution < -0.4 is 16.6 Å². The molecule has 13 heteroatoms. The molecule has 0 unspecified atom stereocenters. The lowest BCUT2D eigenvalue weighted by molar-refractivity contribution is -0.121. The van der Waals surface area contributed by atoms with Crippen molar-refractivity contribution in [1.29, 1.82) is 0 Å². The molecule has 1 saturated carbocycles. The summed E-state index contributed by atoms with van der Waals surface area (Å²) in [5.74, 6) is -0.221. The van der Waals surface area contributed by atoms with E-state index in [-0.39, 0.29) is 18.9 Å². The van der Waals surface area contributed by atoms with E-state index in [1.54, 1.807) is 10.9 Å². The molecule has 0 radical (unpaired) electrons. The number of amides is 1. The Balaban J connectivity index is 1.44. The van der Waals surface area contributed by atoms with Gasteiger partial charge >= 0.3 is 5.69 Å². The van der Waals surface area contributed by atoms with Gasteiger partial charge < -0.3 is 9.88 Å². The van der Waals surface area contributed by atoms with Crippen LogP contribution in [0.5, 0.6) is 0 Å². The van der Waals surface area contributed by atoms with Crippen molar-refractivity contribution >= 4 is 15.9 Å². The standard InChI is InChI=1S/C17H25N7O5S/c1-22(2)30(28,29)17(6-7-17)13-12-24(21-20-13)9-3-8-18-14(25)4-10-23-11-5-15(26)19-16(23)27/h5,11-12H,3-4,6-10H2,1-2H3,(H,18,25)(H,19,26,27). The summed E-state index contributed by atoms with van der Waals surface area (Å²) in [6.07, 6.45) is 4.74. The Hall–Kier alpha value is -2.80. The third-order valence-electron chi connectivity index (χ3n) is 5.05. The Morgan fingerprint density at radius 3 is 2.67 bits per heavy atom. The van der Waals surface area contributed by atoms with Crippen LogP contribution >= 0.6 is 0 Å². The molecule has 1 fully saturated rings. The van der Waals surface area contributed by atoms with Gasteiger partial charge in [-0.15, -0.1) is 5.10 Å². The van der Waals surface area contributed by atoms with E-state index in [0.29, 0.717) is 38.0 Å². The Morgan fingerprint density at radius 1 is 1.30 bits per heavy atom. The van der Waals surface area contributed by atoms with Crippen molar-refractivity contribution in [3.05, 3.63) is 45.0 Å². The summed E-state index contributed by atoms with van der Waals surface area (Å²) in [5, 5.41) is 10.8. The number of carbonyl (C=O) groups excluding carboxylic acids is 1. The molecular weight excluding hydrogens is 414 g/mol. The van der Waals surface area contributed by atoms with Gasteiger partial charge in [0.05, 0.1) is 6.20 Å². The molecule has 1 aliphatic carbocycles. The smallest absolute Gasteiger partial charge is 0.328 e. The first-order valence-corrected chi connectivity index (χ1v) is 11.0. The largest absolute Gasteiger partial charge is 0.356 e. The van der Waals surface area contributed by atoms with Crippen LogP contribution in [-0.4, -0.2) is 63.8 Å². The van der Waals surface area contributed by atoms with Crippen molar-refractivity contribution in [3.8, 4) is 0 Å². The Kier molecular flexibility index (Phi) is 6.22. The molecule has 0 bridgehead atoms. The van der Waals surface area contributed by atoms with Crippen LogP contribution in [0.4, 0.5) is 0 Å². The lowest BCUT2D eigenvalue weighted by Gasteiger charge is -2.18. The van der Waals surface area contributed by atoms with Gasteiger partial charge in [-0.1, -0.05) is 5.21 Å². The maximum absolute atomic E-state index is 12.5. The molecule has 164 valence electrons. The number of nitrogens with one attached hydrogen (secondary N) is 2. The van der Waals surface area contributed by atoms with Crippen LogP contribution in [-0.2, 0) is 32.7 Å². The van der Waals surface area contributed by atoms with E-state index in [1.165, 1.54) is 35.2 Å². The molecule has 2 N–H and O–H groups in total. The first kappa shape index (κ1) is 21.9. The van der Waals surface area contributed by atoms with Gasteiger partial charge in [0, 0.05) is 52.4 Å². The second-order valence-corrected chi connectivity index (χ2v) is 9.87. The summed E-state index contributed by atoms with van der Waals surface area (Å²) in [4.78, 5) is 36.6. The third-order valence-corrected chi connectivity index (χ3v) is 7.61. The van der Waals surface area contributed by atoms with Crippen molar-refractivity contribution < 1.29 is 13.2 Å². The van der Waals surface area contributed by atoms with Crippen LogP contribution in [0, 0.1) is 0 Å². The molecule has 0 aliphatic heterocycles. The van der Waals surface area contributed by atoms with Crippen LogP contribution in [0.1, 0.15) is 31.4 Å². The van der Waals surface area contributed by atoms with E-state index in [0.717, 1.165) is 0 Å². The summed E-state index contributed by atoms with van der Waals surface area (Å²) in [5.41, 5.74) is -0.586. The van der Waals surface area contributed by atoms with E-state index < -0.39 is 26.0 Å². The molecular formula is C17H25N7O5S. The first-order valence-electron chi connectivity index (χ1n) is 9.55. The highest BCUT2D eigenvalue weighted by Gasteiger charge is 2.59. The number of sulfonamides is 1. The third kappa shape index (κ3) is 4.51. The van der Waals surface area contributed by atoms with Crippen molar-refractivity contribution in [2.24, 2.45) is 0 Å². The second kappa shape index (κ2) is 8.52. The van der Waals surface area contributed by atoms with Crippen molar-refractivity contribution in [3.63, 3.8) is 0 Å². The highest BCUT2D eigenvalue weighted by molar-refractivity contribution is 7.90. The number of nitrogens with zero attached hydrogens (tertiary/aromatic N) is 5. The fourth-order valence-electron chi connectivity index (χ4n) is 3.13. The minimum atomic E-state index is -3.46. The molecule has 30 heavy (non-hydrogen) atoms. The van der Waals surface area contributed by atoms with E-state index in [2.05, 4.69) is 20.6 Å². The van der Waals surface area contributed by atoms with E-state index in [4.69, 9.17) is 0 Å². The summed E-state index contributed by atoms with van der Waals surface area (Å²) < 4.78 is 28.1. The molecule has 0 aromatic carbocycles. The molecule has 2 aromatic rings. The van der Waals surface area contributed by atoms with Gasteiger partial charge in [0.1, 0.15) is 10.4 Å². The van der Waals surface area contributed by atoms with Gasteiger partial charge in [-0.3, -0.25) is 19.3 Å². The lowest BCUT2D eigenvalue weighted by atomic mass is 10.3. The van der Waals surface area contributed by atoms with Crippen LogP contribution in [0.25, 0.3) is 0 Å². The zero-order chi connectivity index (χ0) is 21.9. The minimum Gasteiger partial charge on any atom is -0.356 e. The Bertz CT molecular complexity index is 1130. The normalized spacial score (nSPS) is 15.3. The summed E-state index contributed by atoms with van der Waals surface area (Å²) in [6.45, 7) is 1.04. The molecule has 12 nitrogen and oxygen atoms in total. The van der Waals surface area contributed by atoms with Gasteiger partial charge in [0.2, 0.25) is 15.9 Å². The molecule has 2 heterocycles. The Morgan fingerprint density at radius 2 is 2.03 bits per heavy atom. The highest BCUT2D eigenvalue weighted by Crippen LogP contribution is 2.52. The quantitative estimate of drug-likeness (QED) is 0.432. The number of aryl methyl sites for hydroxylation is 2. The summed E-state index contributed by atoms with van der Waals surface area (Å²) in [7, 11) is -0.440. The molecule has 0 atom stereocenters. The monoisotopic (exact) mass is 439 g/mol. The van der Waals surface area contributed by atoms with Gasteiger partial charge in [-0.2, -0.15) is 0 Å². The Labute approximate surface area is 172 Å². The van der Waals surface area contributed by atoms with Crippen molar-refractivity contribution in [1.82, 2.24) is 34.2 Å². The maximum Gasteiger partial charge on any atom is 0.328 e. The number of aromatic nitrogens is 5. The number of carbonyl (C=O) groups is 1. The van der Waals surface area contributed by atoms with Gasteiger partial charge in [-0.05, 0) is 19.3 Å². The van der Waals surface area contributed by atoms with E-state index in [1.807, 2.05) is 0 Å². The number of rotatable bonds is 10. The highest BCUT2D eigenvalue weighted by atomic mass is 32.2. The molecule has 0 spiro atoms. The van der Waals surface area contributed by atoms with Crippen LogP contribution in [0.15, 0.2) is 28.0 Å². The van der Waals surface area contributed by atoms with Crippen molar-refractivity contribution in [2.75, 3.05) is 20.6 Å². The van der Waals surface area contributed by atoms with Crippen LogP contribution in [0.2, 0.25) is 0 Å². The number of hydrogen-bond acceptors (Lipinski definition) is 7. The molecule has 1 aliphatic rings. The topological polar surface area (TPSA) is 152 Å². The van der Waals surface area contributed by atoms with Gasteiger partial charge in [-0.25, -0.2) is 17.5 Å². The van der Waals surface area contributed by atoms with Gasteiger partial charge in [0.15, 0.2) is 0 Å². The van der Waals surface area contributed by atoms with Gasteiger partial charge in [0.25, 0.3) is 5.56 Å².